The molecule has 2 heterocycles. The Morgan fingerprint density at radius 2 is 2.42 bits per heavy atom. The average molecular weight is 276 g/mol. The Morgan fingerprint density at radius 1 is 1.58 bits per heavy atom. The molecule has 0 saturated heterocycles. The molecule has 0 fully saturated rings. The number of fused-ring (bicyclic) bond motifs is 3. The highest BCUT2D eigenvalue weighted by Gasteiger charge is 2.24. The highest BCUT2D eigenvalue weighted by atomic mass is 32.1. The molecule has 0 aromatic carbocycles. The van der Waals surface area contributed by atoms with Gasteiger partial charge in [-0.3, -0.25) is 0 Å². The molecule has 0 bridgehead atoms. The van der Waals surface area contributed by atoms with Crippen LogP contribution in [0, 0.1) is 0 Å². The number of carbonyl (C=O) groups excluding carboxylic acids is 1. The summed E-state index contributed by atoms with van der Waals surface area (Å²) < 4.78 is 0. The number of nitrogens with one attached hydrogen (secondary N) is 1. The van der Waals surface area contributed by atoms with Crippen molar-refractivity contribution in [1.82, 2.24) is 9.97 Å². The number of carboxylic acids is 1. The van der Waals surface area contributed by atoms with E-state index >= 15 is 0 Å². The van der Waals surface area contributed by atoms with Crippen molar-refractivity contribution in [1.29, 1.82) is 0 Å². The first-order valence-electron chi connectivity index (χ1n) is 6.37. The number of carboxylic acid groups (broad SMARTS) is 1. The lowest BCUT2D eigenvalue weighted by molar-refractivity contribution is -0.302. The smallest absolute Gasteiger partial charge is 0.138 e. The Balaban J connectivity index is 2.12. The van der Waals surface area contributed by atoms with E-state index in [2.05, 4.69) is 22.2 Å². The summed E-state index contributed by atoms with van der Waals surface area (Å²) in [6, 6.07) is 0. The third kappa shape index (κ3) is 2.16. The van der Waals surface area contributed by atoms with E-state index in [-0.39, 0.29) is 6.54 Å². The van der Waals surface area contributed by atoms with E-state index in [0.29, 0.717) is 11.7 Å². The topological polar surface area (TPSA) is 77.9 Å². The van der Waals surface area contributed by atoms with Gasteiger partial charge in [0.25, 0.3) is 0 Å². The highest BCUT2D eigenvalue weighted by Crippen LogP contribution is 2.43. The van der Waals surface area contributed by atoms with Crippen molar-refractivity contribution in [3.05, 3.63) is 16.8 Å². The molecule has 2 aromatic rings. The molecule has 19 heavy (non-hydrogen) atoms. The number of carbonyl (C=O) groups is 1. The van der Waals surface area contributed by atoms with Crippen molar-refractivity contribution in [2.45, 2.75) is 32.1 Å². The van der Waals surface area contributed by atoms with Crippen LogP contribution in [0.4, 0.5) is 5.82 Å². The summed E-state index contributed by atoms with van der Waals surface area (Å²) in [5, 5.41) is 14.4. The van der Waals surface area contributed by atoms with Crippen molar-refractivity contribution in [2.24, 2.45) is 0 Å². The molecular formula is C13H14N3O2S-. The van der Waals surface area contributed by atoms with Crippen LogP contribution in [0.25, 0.3) is 10.2 Å². The van der Waals surface area contributed by atoms with E-state index in [1.807, 2.05) is 0 Å². The number of hydrogen-bond donors (Lipinski definition) is 1. The quantitative estimate of drug-likeness (QED) is 0.914. The summed E-state index contributed by atoms with van der Waals surface area (Å²) in [5.41, 5.74) is 1.30. The van der Waals surface area contributed by atoms with Crippen LogP contribution in [-0.2, 0) is 11.2 Å². The number of nitrogens with zero attached hydrogens (tertiary/aromatic N) is 2. The summed E-state index contributed by atoms with van der Waals surface area (Å²) in [5.74, 6) is -0.0450. The van der Waals surface area contributed by atoms with Crippen LogP contribution >= 0.6 is 11.3 Å². The van der Waals surface area contributed by atoms with Crippen LogP contribution in [0.3, 0.4) is 0 Å². The van der Waals surface area contributed by atoms with Crippen molar-refractivity contribution >= 4 is 33.3 Å². The third-order valence-corrected chi connectivity index (χ3v) is 4.71. The first-order chi connectivity index (χ1) is 9.16. The van der Waals surface area contributed by atoms with E-state index in [4.69, 9.17) is 0 Å². The van der Waals surface area contributed by atoms with E-state index in [9.17, 15) is 9.90 Å². The normalized spacial score (nSPS) is 18.3. The van der Waals surface area contributed by atoms with Crippen molar-refractivity contribution in [3.8, 4) is 0 Å². The van der Waals surface area contributed by atoms with Crippen LogP contribution in [0.5, 0.6) is 0 Å². The zero-order chi connectivity index (χ0) is 13.4. The van der Waals surface area contributed by atoms with Gasteiger partial charge in [0.05, 0.1) is 17.9 Å². The molecule has 0 amide bonds. The fourth-order valence-electron chi connectivity index (χ4n) is 2.71. The predicted octanol–water partition coefficient (Wildman–Crippen LogP) is 1.29. The van der Waals surface area contributed by atoms with Gasteiger partial charge in [0.1, 0.15) is 17.0 Å². The van der Waals surface area contributed by atoms with Gasteiger partial charge in [-0.25, -0.2) is 9.97 Å². The molecule has 0 saturated carbocycles. The van der Waals surface area contributed by atoms with E-state index in [0.717, 1.165) is 23.1 Å². The SMILES string of the molecule is C[C@H]1CCCc2sc3ncnc(NCC(=O)[O-])c3c21. The number of rotatable bonds is 3. The zero-order valence-electron chi connectivity index (χ0n) is 10.6. The van der Waals surface area contributed by atoms with E-state index in [1.54, 1.807) is 11.3 Å². The van der Waals surface area contributed by atoms with Crippen LogP contribution in [0.2, 0.25) is 0 Å². The fourth-order valence-corrected chi connectivity index (χ4v) is 4.01. The number of hydrogen-bond acceptors (Lipinski definition) is 6. The second-order valence-electron chi connectivity index (χ2n) is 4.86. The maximum Gasteiger partial charge on any atom is 0.138 e. The van der Waals surface area contributed by atoms with Crippen LogP contribution < -0.4 is 10.4 Å². The molecule has 1 aliphatic rings. The lowest BCUT2D eigenvalue weighted by Crippen LogP contribution is -2.30. The van der Waals surface area contributed by atoms with Gasteiger partial charge in [0.2, 0.25) is 0 Å². The molecule has 3 rings (SSSR count). The molecule has 0 aliphatic heterocycles. The Kier molecular flexibility index (Phi) is 3.10. The van der Waals surface area contributed by atoms with Gasteiger partial charge in [0.15, 0.2) is 0 Å². The van der Waals surface area contributed by atoms with Gasteiger partial charge in [-0.1, -0.05) is 6.92 Å². The highest BCUT2D eigenvalue weighted by molar-refractivity contribution is 7.19. The van der Waals surface area contributed by atoms with E-state index < -0.39 is 5.97 Å². The van der Waals surface area contributed by atoms with E-state index in [1.165, 1.54) is 23.2 Å². The molecule has 100 valence electrons. The van der Waals surface area contributed by atoms with Gasteiger partial charge in [-0.2, -0.15) is 0 Å². The lowest BCUT2D eigenvalue weighted by atomic mass is 9.87. The Hall–Kier alpha value is -1.69. The molecule has 1 N–H and O–H groups in total. The number of aryl methyl sites for hydroxylation is 1. The van der Waals surface area contributed by atoms with Crippen LogP contribution in [0.1, 0.15) is 36.1 Å². The number of thiophene rings is 1. The van der Waals surface area contributed by atoms with Crippen molar-refractivity contribution in [3.63, 3.8) is 0 Å². The van der Waals surface area contributed by atoms with Crippen LogP contribution in [-0.4, -0.2) is 22.5 Å². The van der Waals surface area contributed by atoms with Crippen molar-refractivity contribution < 1.29 is 9.90 Å². The Labute approximate surface area is 114 Å². The second-order valence-corrected chi connectivity index (χ2v) is 5.94. The minimum Gasteiger partial charge on any atom is -0.548 e. The maximum absolute atomic E-state index is 10.6. The number of aromatic nitrogens is 2. The molecule has 0 spiro atoms. The van der Waals surface area contributed by atoms with Crippen molar-refractivity contribution in [2.75, 3.05) is 11.9 Å². The average Bonchev–Trinajstić information content (AvgIpc) is 2.76. The number of aliphatic carboxylic acids is 1. The summed E-state index contributed by atoms with van der Waals surface area (Å²) >= 11 is 1.70. The zero-order valence-corrected chi connectivity index (χ0v) is 11.4. The monoisotopic (exact) mass is 276 g/mol. The van der Waals surface area contributed by atoms with Crippen LogP contribution in [0.15, 0.2) is 6.33 Å². The molecule has 5 nitrogen and oxygen atoms in total. The largest absolute Gasteiger partial charge is 0.548 e. The Morgan fingerprint density at radius 3 is 3.21 bits per heavy atom. The molecule has 6 heteroatoms. The lowest BCUT2D eigenvalue weighted by Gasteiger charge is -2.19. The van der Waals surface area contributed by atoms with Gasteiger partial charge < -0.3 is 15.2 Å². The third-order valence-electron chi connectivity index (χ3n) is 3.54. The van der Waals surface area contributed by atoms with Gasteiger partial charge in [0, 0.05) is 4.88 Å². The Bertz CT molecular complexity index is 638. The molecule has 1 atom stereocenters. The molecule has 0 unspecified atom stereocenters. The number of anilines is 1. The minimum atomic E-state index is -1.14. The molecular weight excluding hydrogens is 262 g/mol. The summed E-state index contributed by atoms with van der Waals surface area (Å²) in [6.07, 6.45) is 4.93. The minimum absolute atomic E-state index is 0.231. The predicted molar refractivity (Wildman–Crippen MR) is 72.3 cm³/mol. The molecule has 1 aliphatic carbocycles. The molecule has 2 aromatic heterocycles. The standard InChI is InChI=1S/C13H15N3O2S/c1-7-3-2-4-8-10(7)11-12(14-5-9(17)18)15-6-16-13(11)19-8/h6-7H,2-5H2,1H3,(H,17,18)(H,14,15,16)/p-1/t7-/m0/s1. The van der Waals surface area contributed by atoms with Gasteiger partial charge in [-0.15, -0.1) is 11.3 Å². The second kappa shape index (κ2) is 4.77. The van der Waals surface area contributed by atoms with Gasteiger partial charge >= 0.3 is 0 Å². The summed E-state index contributed by atoms with van der Waals surface area (Å²) in [6.45, 7) is 1.98. The first-order valence-corrected chi connectivity index (χ1v) is 7.18. The maximum atomic E-state index is 10.6. The summed E-state index contributed by atoms with van der Waals surface area (Å²) in [4.78, 5) is 21.4. The fraction of sp³-hybridized carbons (Fsp3) is 0.462. The first kappa shape index (κ1) is 12.3. The summed E-state index contributed by atoms with van der Waals surface area (Å²) in [7, 11) is 0. The van der Waals surface area contributed by atoms with Gasteiger partial charge in [-0.05, 0) is 30.7 Å². The molecule has 0 radical (unpaired) electrons.